The number of benzene rings is 1. The Kier molecular flexibility index (Phi) is 8.30. The summed E-state index contributed by atoms with van der Waals surface area (Å²) < 4.78 is 77.3. The molecule has 7 nitrogen and oxygen atoms in total. The molecule has 198 valence electrons. The molecule has 0 spiro atoms. The first-order valence-corrected chi connectivity index (χ1v) is 13.8. The van der Waals surface area contributed by atoms with Gasteiger partial charge in [-0.3, -0.25) is 0 Å². The topological polar surface area (TPSA) is 76.2 Å². The van der Waals surface area contributed by atoms with Crippen LogP contribution in [0.4, 0.5) is 18.0 Å². The number of hydrogen-bond acceptors (Lipinski definition) is 5. The molecular weight excluding hydrogens is 485 g/mol. The van der Waals surface area contributed by atoms with Gasteiger partial charge < -0.3 is 14.4 Å². The quantitative estimate of drug-likeness (QED) is 0.554. The molecule has 0 saturated carbocycles. The van der Waals surface area contributed by atoms with Crippen molar-refractivity contribution < 1.29 is 35.9 Å². The second kappa shape index (κ2) is 10.5. The molecule has 0 bridgehead atoms. The Morgan fingerprint density at radius 1 is 1.03 bits per heavy atom. The van der Waals surface area contributed by atoms with Crippen LogP contribution in [0.3, 0.4) is 0 Å². The summed E-state index contributed by atoms with van der Waals surface area (Å²) in [5.41, 5.74) is -0.850. The van der Waals surface area contributed by atoms with Crippen molar-refractivity contribution in [1.29, 1.82) is 0 Å². The van der Waals surface area contributed by atoms with Gasteiger partial charge in [0.2, 0.25) is 10.0 Å². The fourth-order valence-electron chi connectivity index (χ4n) is 4.49. The van der Waals surface area contributed by atoms with E-state index < -0.39 is 27.4 Å². The summed E-state index contributed by atoms with van der Waals surface area (Å²) in [5.74, 6) is -0.306. The number of piperidine rings is 2. The lowest BCUT2D eigenvalue weighted by Gasteiger charge is -2.33. The SMILES string of the molecule is CC(C)(C)OC(=O)N1CCC(COc2ccc(C3CCN(S(C)(=O)=O)CC3)cc2C(F)(F)F)CC1. The molecule has 2 heterocycles. The highest BCUT2D eigenvalue weighted by Crippen LogP contribution is 2.40. The molecule has 2 aliphatic rings. The van der Waals surface area contributed by atoms with Crippen molar-refractivity contribution in [1.82, 2.24) is 9.21 Å². The van der Waals surface area contributed by atoms with E-state index in [-0.39, 0.29) is 30.3 Å². The van der Waals surface area contributed by atoms with Gasteiger partial charge in [-0.2, -0.15) is 13.2 Å². The van der Waals surface area contributed by atoms with Gasteiger partial charge in [0.15, 0.2) is 0 Å². The number of rotatable bonds is 5. The fourth-order valence-corrected chi connectivity index (χ4v) is 5.36. The van der Waals surface area contributed by atoms with E-state index >= 15 is 0 Å². The van der Waals surface area contributed by atoms with Gasteiger partial charge in [-0.1, -0.05) is 6.07 Å². The lowest BCUT2D eigenvalue weighted by molar-refractivity contribution is -0.139. The maximum atomic E-state index is 13.8. The first kappa shape index (κ1) is 27.6. The number of alkyl halides is 3. The van der Waals surface area contributed by atoms with Gasteiger partial charge >= 0.3 is 12.3 Å². The highest BCUT2D eigenvalue weighted by atomic mass is 32.2. The van der Waals surface area contributed by atoms with E-state index in [1.54, 1.807) is 31.7 Å². The van der Waals surface area contributed by atoms with Crippen molar-refractivity contribution in [3.63, 3.8) is 0 Å². The first-order valence-electron chi connectivity index (χ1n) is 11.9. The molecule has 35 heavy (non-hydrogen) atoms. The third kappa shape index (κ3) is 7.73. The molecule has 0 atom stereocenters. The Morgan fingerprint density at radius 3 is 2.14 bits per heavy atom. The Morgan fingerprint density at radius 2 is 1.63 bits per heavy atom. The van der Waals surface area contributed by atoms with Gasteiger partial charge in [-0.15, -0.1) is 0 Å². The van der Waals surface area contributed by atoms with Gasteiger partial charge in [-0.05, 0) is 76.0 Å². The minimum atomic E-state index is -4.57. The Hall–Kier alpha value is -2.01. The van der Waals surface area contributed by atoms with Gasteiger partial charge in [0.1, 0.15) is 11.4 Å². The lowest BCUT2D eigenvalue weighted by atomic mass is 9.89. The van der Waals surface area contributed by atoms with Crippen LogP contribution in [0.1, 0.15) is 63.5 Å². The highest BCUT2D eigenvalue weighted by Gasteiger charge is 2.36. The van der Waals surface area contributed by atoms with E-state index in [2.05, 4.69) is 0 Å². The largest absolute Gasteiger partial charge is 0.493 e. The van der Waals surface area contributed by atoms with E-state index in [1.807, 2.05) is 0 Å². The Bertz CT molecular complexity index is 991. The van der Waals surface area contributed by atoms with Gasteiger partial charge in [-0.25, -0.2) is 17.5 Å². The molecule has 0 aliphatic carbocycles. The van der Waals surface area contributed by atoms with Crippen molar-refractivity contribution >= 4 is 16.1 Å². The maximum absolute atomic E-state index is 13.8. The zero-order chi connectivity index (χ0) is 26.0. The number of halogens is 3. The number of ether oxygens (including phenoxy) is 2. The summed E-state index contributed by atoms with van der Waals surface area (Å²) in [4.78, 5) is 13.8. The van der Waals surface area contributed by atoms with Crippen molar-refractivity contribution in [3.05, 3.63) is 29.3 Å². The second-order valence-electron chi connectivity index (χ2n) is 10.4. The first-order chi connectivity index (χ1) is 16.1. The monoisotopic (exact) mass is 520 g/mol. The minimum Gasteiger partial charge on any atom is -0.493 e. The lowest BCUT2D eigenvalue weighted by Crippen LogP contribution is -2.42. The van der Waals surface area contributed by atoms with Crippen LogP contribution < -0.4 is 4.74 Å². The number of nitrogens with zero attached hydrogens (tertiary/aromatic N) is 2. The molecule has 2 fully saturated rings. The molecule has 0 N–H and O–H groups in total. The van der Waals surface area contributed by atoms with E-state index in [0.29, 0.717) is 57.4 Å². The van der Waals surface area contributed by atoms with Gasteiger partial charge in [0.05, 0.1) is 18.4 Å². The number of hydrogen-bond donors (Lipinski definition) is 0. The predicted octanol–water partition coefficient (Wildman–Crippen LogP) is 4.87. The third-order valence-corrected chi connectivity index (χ3v) is 7.75. The van der Waals surface area contributed by atoms with Gasteiger partial charge in [0, 0.05) is 26.2 Å². The zero-order valence-electron chi connectivity index (χ0n) is 20.7. The van der Waals surface area contributed by atoms with Crippen LogP contribution in [0.15, 0.2) is 18.2 Å². The smallest absolute Gasteiger partial charge is 0.419 e. The van der Waals surface area contributed by atoms with Gasteiger partial charge in [0.25, 0.3) is 0 Å². The van der Waals surface area contributed by atoms with Crippen LogP contribution in [0.5, 0.6) is 5.75 Å². The average molecular weight is 521 g/mol. The fraction of sp³-hybridized carbons (Fsp3) is 0.708. The summed E-state index contributed by atoms with van der Waals surface area (Å²) in [6.45, 7) is 7.07. The zero-order valence-corrected chi connectivity index (χ0v) is 21.5. The van der Waals surface area contributed by atoms with E-state index in [9.17, 15) is 26.4 Å². The summed E-state index contributed by atoms with van der Waals surface area (Å²) in [6, 6.07) is 4.16. The number of carbonyl (C=O) groups excluding carboxylic acids is 1. The van der Waals surface area contributed by atoms with Crippen molar-refractivity contribution in [3.8, 4) is 5.75 Å². The second-order valence-corrected chi connectivity index (χ2v) is 12.4. The molecule has 0 aromatic heterocycles. The van der Waals surface area contributed by atoms with Crippen molar-refractivity contribution in [2.75, 3.05) is 39.0 Å². The highest BCUT2D eigenvalue weighted by molar-refractivity contribution is 7.88. The molecule has 1 amide bonds. The number of carbonyl (C=O) groups is 1. The van der Waals surface area contributed by atoms with E-state index in [1.165, 1.54) is 10.4 Å². The van der Waals surface area contributed by atoms with Crippen LogP contribution >= 0.6 is 0 Å². The summed E-state index contributed by atoms with van der Waals surface area (Å²) in [5, 5.41) is 0. The summed E-state index contributed by atoms with van der Waals surface area (Å²) in [6.07, 6.45) is -1.62. The Balaban J connectivity index is 1.60. The van der Waals surface area contributed by atoms with Crippen LogP contribution in [-0.4, -0.2) is 68.4 Å². The Labute approximate surface area is 205 Å². The molecule has 2 saturated heterocycles. The molecule has 1 aromatic carbocycles. The maximum Gasteiger partial charge on any atom is 0.419 e. The van der Waals surface area contributed by atoms with Crippen LogP contribution in [0.2, 0.25) is 0 Å². The minimum absolute atomic E-state index is 0.0368. The van der Waals surface area contributed by atoms with Crippen LogP contribution in [0.25, 0.3) is 0 Å². The summed E-state index contributed by atoms with van der Waals surface area (Å²) in [7, 11) is -3.30. The number of sulfonamides is 1. The van der Waals surface area contributed by atoms with Crippen LogP contribution in [0, 0.1) is 5.92 Å². The molecule has 2 aliphatic heterocycles. The van der Waals surface area contributed by atoms with Crippen molar-refractivity contribution in [2.45, 2.75) is 64.1 Å². The van der Waals surface area contributed by atoms with Crippen LogP contribution in [-0.2, 0) is 20.9 Å². The predicted molar refractivity (Wildman–Crippen MR) is 126 cm³/mol. The third-order valence-electron chi connectivity index (χ3n) is 6.44. The standard InChI is InChI=1S/C24H35F3N2O5S/c1-23(2,3)34-22(30)28-11-7-17(8-12-28)16-33-21-6-5-19(15-20(21)24(25,26)27)18-9-13-29(14-10-18)35(4,31)32/h5-6,15,17-18H,7-14,16H2,1-4H3. The molecule has 0 unspecified atom stereocenters. The molecule has 1 aromatic rings. The number of likely N-dealkylation sites (tertiary alicyclic amines) is 1. The van der Waals surface area contributed by atoms with E-state index in [0.717, 1.165) is 12.3 Å². The molecule has 0 radical (unpaired) electrons. The van der Waals surface area contributed by atoms with E-state index in [4.69, 9.17) is 9.47 Å². The normalized spacial score (nSPS) is 19.6. The molecular formula is C24H35F3N2O5S. The average Bonchev–Trinajstić information content (AvgIpc) is 2.75. The molecule has 11 heteroatoms. The van der Waals surface area contributed by atoms with Crippen molar-refractivity contribution in [2.24, 2.45) is 5.92 Å². The molecule has 3 rings (SSSR count). The summed E-state index contributed by atoms with van der Waals surface area (Å²) >= 11 is 0. The number of amides is 1.